The molecule has 3 fully saturated rings. The van der Waals surface area contributed by atoms with Gasteiger partial charge in [0.1, 0.15) is 0 Å². The molecule has 0 amide bonds. The van der Waals surface area contributed by atoms with Crippen molar-refractivity contribution in [1.82, 2.24) is 0 Å². The maximum atomic E-state index is 10.0. The van der Waals surface area contributed by atoms with Crippen molar-refractivity contribution in [3.8, 4) is 0 Å². The van der Waals surface area contributed by atoms with E-state index in [1.807, 2.05) is 13.8 Å². The van der Waals surface area contributed by atoms with Gasteiger partial charge in [-0.3, -0.25) is 0 Å². The van der Waals surface area contributed by atoms with Gasteiger partial charge >= 0.3 is 0 Å². The normalized spacial score (nSPS) is 37.2. The molecule has 0 heterocycles. The second-order valence-corrected chi connectivity index (χ2v) is 11.2. The van der Waals surface area contributed by atoms with Crippen molar-refractivity contribution in [3.05, 3.63) is 35.5 Å². The van der Waals surface area contributed by atoms with Crippen molar-refractivity contribution in [1.29, 1.82) is 0 Å². The zero-order valence-corrected chi connectivity index (χ0v) is 19.3. The summed E-state index contributed by atoms with van der Waals surface area (Å²) in [5, 5.41) is 20.1. The van der Waals surface area contributed by atoms with E-state index in [0.29, 0.717) is 5.41 Å². The Bertz CT molecular complexity index is 650. The van der Waals surface area contributed by atoms with Crippen LogP contribution in [0.1, 0.15) is 98.3 Å². The topological polar surface area (TPSA) is 40.5 Å². The van der Waals surface area contributed by atoms with Gasteiger partial charge in [0.2, 0.25) is 0 Å². The third kappa shape index (κ3) is 5.44. The fourth-order valence-electron chi connectivity index (χ4n) is 6.67. The van der Waals surface area contributed by atoms with Gasteiger partial charge in [-0.2, -0.15) is 0 Å². The predicted octanol–water partition coefficient (Wildman–Crippen LogP) is 6.73. The molecule has 164 valence electrons. The molecule has 0 spiro atoms. The minimum atomic E-state index is -0.535. The molecule has 0 bridgehead atoms. The average Bonchev–Trinajstić information content (AvgIpc) is 2.99. The van der Waals surface area contributed by atoms with E-state index in [4.69, 9.17) is 0 Å². The SMILES string of the molecule is C=C1CC[C@H](O)C/C1=C/C=C1\CCC[C@@]2(C)[C@@H]1CC[C@@H]2[C@H](C)CCCC(C)(C)O. The molecule has 3 aliphatic carbocycles. The molecular formula is C27H44O2. The van der Waals surface area contributed by atoms with Crippen LogP contribution in [0.5, 0.6) is 0 Å². The average molecular weight is 401 g/mol. The maximum Gasteiger partial charge on any atom is 0.0591 e. The largest absolute Gasteiger partial charge is 0.393 e. The molecule has 2 heteroatoms. The van der Waals surface area contributed by atoms with Gasteiger partial charge < -0.3 is 10.2 Å². The van der Waals surface area contributed by atoms with E-state index >= 15 is 0 Å². The zero-order chi connectivity index (χ0) is 21.2. The van der Waals surface area contributed by atoms with E-state index in [0.717, 1.165) is 49.9 Å². The van der Waals surface area contributed by atoms with Gasteiger partial charge in [-0.1, -0.05) is 56.6 Å². The Morgan fingerprint density at radius 3 is 2.69 bits per heavy atom. The molecule has 29 heavy (non-hydrogen) atoms. The Hall–Kier alpha value is -0.860. The molecule has 0 unspecified atom stereocenters. The summed E-state index contributed by atoms with van der Waals surface area (Å²) < 4.78 is 0. The summed E-state index contributed by atoms with van der Waals surface area (Å²) in [5.74, 6) is 2.26. The number of aliphatic hydroxyl groups is 2. The van der Waals surface area contributed by atoms with E-state index < -0.39 is 5.60 Å². The number of rotatable bonds is 6. The molecule has 0 aromatic carbocycles. The van der Waals surface area contributed by atoms with E-state index in [-0.39, 0.29) is 6.10 Å². The minimum Gasteiger partial charge on any atom is -0.393 e. The summed E-state index contributed by atoms with van der Waals surface area (Å²) in [6.45, 7) is 13.1. The number of aliphatic hydroxyl groups excluding tert-OH is 1. The monoisotopic (exact) mass is 400 g/mol. The van der Waals surface area contributed by atoms with Crippen molar-refractivity contribution >= 4 is 0 Å². The molecule has 3 aliphatic rings. The number of allylic oxidation sites excluding steroid dienone is 4. The smallest absolute Gasteiger partial charge is 0.0591 e. The first-order valence-corrected chi connectivity index (χ1v) is 12.1. The molecule has 0 aromatic heterocycles. The molecule has 3 rings (SSSR count). The molecule has 5 atom stereocenters. The fraction of sp³-hybridized carbons (Fsp3) is 0.778. The summed E-state index contributed by atoms with van der Waals surface area (Å²) in [5.41, 5.74) is 4.02. The Morgan fingerprint density at radius 2 is 1.97 bits per heavy atom. The molecular weight excluding hydrogens is 356 g/mol. The number of hydrogen-bond acceptors (Lipinski definition) is 2. The Kier molecular flexibility index (Phi) is 7.16. The van der Waals surface area contributed by atoms with Crippen LogP contribution in [0, 0.1) is 23.2 Å². The van der Waals surface area contributed by atoms with E-state index in [1.165, 1.54) is 49.7 Å². The first kappa shape index (κ1) is 22.8. The summed E-state index contributed by atoms with van der Waals surface area (Å²) in [7, 11) is 0. The highest BCUT2D eigenvalue weighted by Gasteiger charge is 2.50. The van der Waals surface area contributed by atoms with Crippen molar-refractivity contribution in [2.75, 3.05) is 0 Å². The van der Waals surface area contributed by atoms with Crippen LogP contribution in [0.4, 0.5) is 0 Å². The second-order valence-electron chi connectivity index (χ2n) is 11.2. The van der Waals surface area contributed by atoms with Crippen LogP contribution in [-0.4, -0.2) is 21.9 Å². The summed E-state index contributed by atoms with van der Waals surface area (Å²) in [6, 6.07) is 0. The highest BCUT2D eigenvalue weighted by atomic mass is 16.3. The van der Waals surface area contributed by atoms with E-state index in [9.17, 15) is 10.2 Å². The van der Waals surface area contributed by atoms with Gasteiger partial charge in [0.25, 0.3) is 0 Å². The lowest BCUT2D eigenvalue weighted by atomic mass is 9.60. The number of hydrogen-bond donors (Lipinski definition) is 2. The van der Waals surface area contributed by atoms with Gasteiger partial charge in [0.15, 0.2) is 0 Å². The van der Waals surface area contributed by atoms with Crippen LogP contribution >= 0.6 is 0 Å². The van der Waals surface area contributed by atoms with Gasteiger partial charge in [-0.05, 0) is 100 Å². The molecule has 0 radical (unpaired) electrons. The highest BCUT2D eigenvalue weighted by Crippen LogP contribution is 2.60. The summed E-state index contributed by atoms with van der Waals surface area (Å²) in [6.07, 6.45) is 16.9. The predicted molar refractivity (Wildman–Crippen MR) is 123 cm³/mol. The molecule has 0 aliphatic heterocycles. The zero-order valence-electron chi connectivity index (χ0n) is 19.3. The number of fused-ring (bicyclic) bond motifs is 1. The van der Waals surface area contributed by atoms with Crippen LogP contribution in [0.3, 0.4) is 0 Å². The molecule has 2 N–H and O–H groups in total. The van der Waals surface area contributed by atoms with E-state index in [2.05, 4.69) is 32.6 Å². The van der Waals surface area contributed by atoms with Crippen molar-refractivity contribution < 1.29 is 10.2 Å². The third-order valence-electron chi connectivity index (χ3n) is 8.36. The van der Waals surface area contributed by atoms with Crippen LogP contribution in [0.2, 0.25) is 0 Å². The van der Waals surface area contributed by atoms with Gasteiger partial charge in [-0.25, -0.2) is 0 Å². The maximum absolute atomic E-state index is 10.0. The second kappa shape index (κ2) is 9.10. The Balaban J connectivity index is 1.68. The summed E-state index contributed by atoms with van der Waals surface area (Å²) >= 11 is 0. The highest BCUT2D eigenvalue weighted by molar-refractivity contribution is 5.36. The first-order chi connectivity index (χ1) is 13.6. The summed E-state index contributed by atoms with van der Waals surface area (Å²) in [4.78, 5) is 0. The van der Waals surface area contributed by atoms with Gasteiger partial charge in [0, 0.05) is 0 Å². The van der Waals surface area contributed by atoms with E-state index in [1.54, 1.807) is 5.57 Å². The van der Waals surface area contributed by atoms with Crippen LogP contribution < -0.4 is 0 Å². The van der Waals surface area contributed by atoms with Crippen molar-refractivity contribution in [2.24, 2.45) is 23.2 Å². The minimum absolute atomic E-state index is 0.192. The first-order valence-electron chi connectivity index (χ1n) is 12.1. The lowest BCUT2D eigenvalue weighted by Gasteiger charge is -2.44. The molecule has 0 aromatic rings. The third-order valence-corrected chi connectivity index (χ3v) is 8.36. The van der Waals surface area contributed by atoms with Gasteiger partial charge in [0.05, 0.1) is 11.7 Å². The van der Waals surface area contributed by atoms with Crippen LogP contribution in [0.15, 0.2) is 35.5 Å². The molecule has 3 saturated carbocycles. The Morgan fingerprint density at radius 1 is 1.21 bits per heavy atom. The fourth-order valence-corrected chi connectivity index (χ4v) is 6.67. The molecule has 0 saturated heterocycles. The van der Waals surface area contributed by atoms with Crippen LogP contribution in [0.25, 0.3) is 0 Å². The standard InChI is InChI=1S/C27H44O2/c1-19-10-13-23(28)18-22(19)12-11-21-9-7-17-27(5)24(14-15-25(21)27)20(2)8-6-16-26(3,4)29/h11-12,20,23-25,28-29H,1,6-10,13-18H2,2-5H3/b21-11+,22-12-/t20-,23+,24-,25-,27-/m1/s1. The van der Waals surface area contributed by atoms with Gasteiger partial charge in [-0.15, -0.1) is 0 Å². The lowest BCUT2D eigenvalue weighted by Crippen LogP contribution is -2.36. The lowest BCUT2D eigenvalue weighted by molar-refractivity contribution is 0.0596. The van der Waals surface area contributed by atoms with Crippen molar-refractivity contribution in [3.63, 3.8) is 0 Å². The quantitative estimate of drug-likeness (QED) is 0.518. The van der Waals surface area contributed by atoms with Crippen LogP contribution in [-0.2, 0) is 0 Å². The Labute approximate surface area is 179 Å². The van der Waals surface area contributed by atoms with Crippen molar-refractivity contribution in [2.45, 2.75) is 110 Å². The molecule has 2 nitrogen and oxygen atoms in total.